The van der Waals surface area contributed by atoms with Crippen LogP contribution in [0.3, 0.4) is 0 Å². The standard InChI is InChI=1S/C37H61N13O11/c1-19(30(55)45-20(2)31(56)49-26(17-21-9-11-22(51)12-10-21)36(61)50-27(18-29(53)54)33(58)43-3)46-34(59)25(8-6-16-44-37(41)42)48-35(60)24(7-4-5-15-38)47-32(57)23(39)13-14-28(40)52/h9-12,19-20,23-27,51H,4-8,13-18,38-39H2,1-3H3,(H2,40,52)(H,43,58)(H,45,55)(H,46,59)(H,47,57)(H,48,60)(H,49,56)(H,50,61)(H,53,54)(H4,41,42,44)/t19-,20-,23-,24-,25-,26-,27?/m0/s1. The number of hydrogen-bond acceptors (Lipinski definition) is 13. The van der Waals surface area contributed by atoms with Crippen molar-refractivity contribution in [3.63, 3.8) is 0 Å². The van der Waals surface area contributed by atoms with Gasteiger partial charge in [-0.25, -0.2) is 0 Å². The van der Waals surface area contributed by atoms with Crippen LogP contribution < -0.4 is 65.9 Å². The Morgan fingerprint density at radius 2 is 1.13 bits per heavy atom. The molecular formula is C37H61N13O11. The molecule has 1 unspecified atom stereocenters. The van der Waals surface area contributed by atoms with E-state index in [2.05, 4.69) is 42.2 Å². The smallest absolute Gasteiger partial charge is 0.305 e. The summed E-state index contributed by atoms with van der Waals surface area (Å²) in [5.41, 5.74) is 27.9. The predicted octanol–water partition coefficient (Wildman–Crippen LogP) is -5.12. The average Bonchev–Trinajstić information content (AvgIpc) is 3.19. The van der Waals surface area contributed by atoms with E-state index < -0.39 is 102 Å². The number of likely N-dealkylation sites (N-methyl/N-ethyl adjacent to an activating group) is 1. The Morgan fingerprint density at radius 1 is 0.639 bits per heavy atom. The van der Waals surface area contributed by atoms with Crippen molar-refractivity contribution in [1.29, 1.82) is 0 Å². The lowest BCUT2D eigenvalue weighted by molar-refractivity contribution is -0.141. The number of unbranched alkanes of at least 4 members (excludes halogenated alkanes) is 1. The molecule has 0 spiro atoms. The number of phenols is 1. The largest absolute Gasteiger partial charge is 0.508 e. The van der Waals surface area contributed by atoms with Crippen molar-refractivity contribution in [1.82, 2.24) is 37.2 Å². The number of primary amides is 1. The third kappa shape index (κ3) is 20.8. The summed E-state index contributed by atoms with van der Waals surface area (Å²) in [6.45, 7) is 2.98. The molecule has 0 saturated heterocycles. The molecule has 24 nitrogen and oxygen atoms in total. The quantitative estimate of drug-likeness (QED) is 0.0213. The SMILES string of the molecule is CNC(=O)C(CC(=O)O)NC(=O)[C@H](Cc1ccc(O)cc1)NC(=O)[C@H](C)NC(=O)[C@H](C)NC(=O)[C@H](CCCN=C(N)N)NC(=O)[C@H](CCCCN)NC(=O)[C@@H](N)CCC(N)=O. The van der Waals surface area contributed by atoms with Gasteiger partial charge in [-0.2, -0.15) is 0 Å². The predicted molar refractivity (Wildman–Crippen MR) is 220 cm³/mol. The summed E-state index contributed by atoms with van der Waals surface area (Å²) in [5, 5.41) is 36.0. The topological polar surface area (TPSA) is 421 Å². The Balaban J connectivity index is 3.17. The van der Waals surface area contributed by atoms with Crippen LogP contribution in [0.2, 0.25) is 0 Å². The number of benzene rings is 1. The van der Waals surface area contributed by atoms with E-state index in [-0.39, 0.29) is 56.8 Å². The highest BCUT2D eigenvalue weighted by Gasteiger charge is 2.32. The van der Waals surface area contributed by atoms with Crippen molar-refractivity contribution in [3.05, 3.63) is 29.8 Å². The van der Waals surface area contributed by atoms with E-state index in [1.807, 2.05) is 0 Å². The van der Waals surface area contributed by atoms with E-state index >= 15 is 0 Å². The molecule has 61 heavy (non-hydrogen) atoms. The van der Waals surface area contributed by atoms with Crippen LogP contribution >= 0.6 is 0 Å². The fourth-order valence-electron chi connectivity index (χ4n) is 5.50. The van der Waals surface area contributed by atoms with E-state index in [1.54, 1.807) is 0 Å². The van der Waals surface area contributed by atoms with Crippen molar-refractivity contribution >= 4 is 59.2 Å². The van der Waals surface area contributed by atoms with Gasteiger partial charge in [-0.3, -0.25) is 48.1 Å². The molecule has 0 heterocycles. The molecule has 1 aromatic carbocycles. The number of carbonyl (C=O) groups excluding carboxylic acids is 8. The van der Waals surface area contributed by atoms with E-state index in [1.165, 1.54) is 45.2 Å². The summed E-state index contributed by atoms with van der Waals surface area (Å²) >= 11 is 0. The molecule has 1 aromatic rings. The first-order chi connectivity index (χ1) is 28.7. The van der Waals surface area contributed by atoms with Crippen molar-refractivity contribution in [2.75, 3.05) is 20.1 Å². The number of aliphatic imine (C=N–C) groups is 1. The van der Waals surface area contributed by atoms with Crippen LogP contribution in [-0.4, -0.2) is 132 Å². The highest BCUT2D eigenvalue weighted by molar-refractivity contribution is 5.97. The summed E-state index contributed by atoms with van der Waals surface area (Å²) in [5.74, 6) is -8.07. The molecule has 0 aliphatic heterocycles. The highest BCUT2D eigenvalue weighted by Crippen LogP contribution is 2.12. The molecule has 340 valence electrons. The zero-order valence-corrected chi connectivity index (χ0v) is 34.5. The molecule has 19 N–H and O–H groups in total. The number of carboxylic acids is 1. The van der Waals surface area contributed by atoms with Crippen LogP contribution in [0.15, 0.2) is 29.3 Å². The maximum absolute atomic E-state index is 13.6. The molecule has 0 aliphatic carbocycles. The molecular weight excluding hydrogens is 802 g/mol. The molecule has 8 amide bonds. The lowest BCUT2D eigenvalue weighted by Crippen LogP contribution is -2.59. The molecule has 7 atom stereocenters. The van der Waals surface area contributed by atoms with Gasteiger partial charge >= 0.3 is 5.97 Å². The van der Waals surface area contributed by atoms with Crippen molar-refractivity contribution in [2.24, 2.45) is 33.7 Å². The molecule has 0 bridgehead atoms. The van der Waals surface area contributed by atoms with Gasteiger partial charge < -0.3 is 76.1 Å². The number of aromatic hydroxyl groups is 1. The van der Waals surface area contributed by atoms with Crippen LogP contribution in [0.1, 0.15) is 70.8 Å². The lowest BCUT2D eigenvalue weighted by atomic mass is 10.0. The Kier molecular flexibility index (Phi) is 23.4. The number of amides is 8. The fraction of sp³-hybridized carbons (Fsp3) is 0.568. The highest BCUT2D eigenvalue weighted by atomic mass is 16.4. The maximum Gasteiger partial charge on any atom is 0.305 e. The first-order valence-corrected chi connectivity index (χ1v) is 19.5. The minimum absolute atomic E-state index is 0.0270. The van der Waals surface area contributed by atoms with Gasteiger partial charge in [0.25, 0.3) is 0 Å². The van der Waals surface area contributed by atoms with Crippen molar-refractivity contribution in [2.45, 2.75) is 114 Å². The molecule has 0 saturated carbocycles. The van der Waals surface area contributed by atoms with E-state index in [0.29, 0.717) is 24.9 Å². The molecule has 0 aromatic heterocycles. The Bertz CT molecular complexity index is 1710. The second-order valence-corrected chi connectivity index (χ2v) is 14.1. The number of nitrogens with zero attached hydrogens (tertiary/aromatic N) is 1. The van der Waals surface area contributed by atoms with Gasteiger partial charge in [0.05, 0.1) is 12.5 Å². The zero-order valence-electron chi connectivity index (χ0n) is 34.5. The van der Waals surface area contributed by atoms with Gasteiger partial charge in [-0.05, 0) is 76.6 Å². The molecule has 1 rings (SSSR count). The lowest BCUT2D eigenvalue weighted by Gasteiger charge is -2.26. The van der Waals surface area contributed by atoms with Crippen molar-refractivity contribution < 1.29 is 53.4 Å². The van der Waals surface area contributed by atoms with E-state index in [9.17, 15) is 53.4 Å². The van der Waals surface area contributed by atoms with Crippen LogP contribution in [0, 0.1) is 0 Å². The van der Waals surface area contributed by atoms with Gasteiger partial charge in [0, 0.05) is 26.4 Å². The Labute approximate surface area is 352 Å². The number of nitrogens with two attached hydrogens (primary N) is 5. The Hall–Kier alpha value is -6.56. The fourth-order valence-corrected chi connectivity index (χ4v) is 5.50. The van der Waals surface area contributed by atoms with E-state index in [0.717, 1.165) is 0 Å². The number of carbonyl (C=O) groups is 9. The average molecular weight is 864 g/mol. The zero-order chi connectivity index (χ0) is 46.2. The second-order valence-electron chi connectivity index (χ2n) is 14.1. The maximum atomic E-state index is 13.6. The molecule has 24 heteroatoms. The number of nitrogens with one attached hydrogen (secondary N) is 7. The van der Waals surface area contributed by atoms with Gasteiger partial charge in [0.15, 0.2) is 5.96 Å². The monoisotopic (exact) mass is 863 g/mol. The third-order valence-corrected chi connectivity index (χ3v) is 8.97. The summed E-state index contributed by atoms with van der Waals surface area (Å²) in [4.78, 5) is 119. The third-order valence-electron chi connectivity index (χ3n) is 8.97. The minimum atomic E-state index is -1.49. The number of phenolic OH excluding ortho intramolecular Hbond substituents is 1. The molecule has 0 aliphatic rings. The van der Waals surface area contributed by atoms with Gasteiger partial charge in [0.2, 0.25) is 47.3 Å². The number of carboxylic acid groups (broad SMARTS) is 1. The van der Waals surface area contributed by atoms with Crippen LogP contribution in [0.4, 0.5) is 0 Å². The van der Waals surface area contributed by atoms with Gasteiger partial charge in [-0.1, -0.05) is 12.1 Å². The minimum Gasteiger partial charge on any atom is -0.508 e. The summed E-state index contributed by atoms with van der Waals surface area (Å²) in [7, 11) is 1.25. The number of rotatable bonds is 28. The summed E-state index contributed by atoms with van der Waals surface area (Å²) in [6.07, 6.45) is 0.0367. The molecule has 0 radical (unpaired) electrons. The normalized spacial score (nSPS) is 14.2. The summed E-state index contributed by atoms with van der Waals surface area (Å²) < 4.78 is 0. The number of guanidine groups is 1. The molecule has 0 fully saturated rings. The van der Waals surface area contributed by atoms with Crippen LogP contribution in [-0.2, 0) is 49.6 Å². The van der Waals surface area contributed by atoms with Gasteiger partial charge in [-0.15, -0.1) is 0 Å². The number of aliphatic carboxylic acids is 1. The first-order valence-electron chi connectivity index (χ1n) is 19.5. The van der Waals surface area contributed by atoms with Crippen LogP contribution in [0.25, 0.3) is 0 Å². The number of hydrogen-bond donors (Lipinski definition) is 14. The van der Waals surface area contributed by atoms with Crippen LogP contribution in [0.5, 0.6) is 5.75 Å². The van der Waals surface area contributed by atoms with E-state index in [4.69, 9.17) is 28.7 Å². The van der Waals surface area contributed by atoms with Crippen molar-refractivity contribution in [3.8, 4) is 5.75 Å². The first kappa shape index (κ1) is 52.5. The van der Waals surface area contributed by atoms with Gasteiger partial charge in [0.1, 0.15) is 42.0 Å². The second kappa shape index (κ2) is 27.2. The summed E-state index contributed by atoms with van der Waals surface area (Å²) in [6, 6.07) is -3.49. The Morgan fingerprint density at radius 3 is 1.67 bits per heavy atom.